The molecule has 0 unspecified atom stereocenters. The van der Waals surface area contributed by atoms with Gasteiger partial charge in [-0.25, -0.2) is 0 Å². The molecule has 0 aromatic carbocycles. The Morgan fingerprint density at radius 2 is 1.35 bits per heavy atom. The highest BCUT2D eigenvalue weighted by Gasteiger charge is 2.38. The standard InChI is InChI=1S/C33H61N11O7/c1-17(2)14-22(42-30(49)23(15-18(3)4)41-28(47)21(34)10-8-12-38-33(36)37)29(48)39-16-25(45)40-20(7)32(51)44-13-9-11-24(44)31(50)43-26(19(5)6)27(35)46/h17-24,26H,8-16,34H2,1-7H3,(H2,35,46)(H,39,48)(H,40,45)(H,41,47)(H,42,49)(H,43,50)(H4,36,37,38)/t20-,21-,22-,23-,24-,26-/m0/s1. The molecule has 1 aliphatic heterocycles. The summed E-state index contributed by atoms with van der Waals surface area (Å²) in [5.41, 5.74) is 22.1. The normalized spacial score (nSPS) is 17.2. The molecule has 1 saturated heterocycles. The van der Waals surface area contributed by atoms with Crippen LogP contribution in [0, 0.1) is 17.8 Å². The Balaban J connectivity index is 2.84. The van der Waals surface area contributed by atoms with E-state index in [0.29, 0.717) is 25.8 Å². The summed E-state index contributed by atoms with van der Waals surface area (Å²) in [6, 6.07) is -5.64. The van der Waals surface area contributed by atoms with Crippen LogP contribution in [-0.4, -0.2) is 108 Å². The number of guanidine groups is 1. The average Bonchev–Trinajstić information content (AvgIpc) is 3.52. The van der Waals surface area contributed by atoms with Crippen molar-refractivity contribution >= 4 is 47.3 Å². The molecule has 7 amide bonds. The summed E-state index contributed by atoms with van der Waals surface area (Å²) < 4.78 is 0. The van der Waals surface area contributed by atoms with Crippen molar-refractivity contribution in [1.82, 2.24) is 31.5 Å². The van der Waals surface area contributed by atoms with Gasteiger partial charge in [0.2, 0.25) is 41.4 Å². The lowest BCUT2D eigenvalue weighted by molar-refractivity contribution is -0.141. The Kier molecular flexibility index (Phi) is 18.9. The van der Waals surface area contributed by atoms with Gasteiger partial charge in [0.05, 0.1) is 12.6 Å². The van der Waals surface area contributed by atoms with Crippen LogP contribution >= 0.6 is 0 Å². The van der Waals surface area contributed by atoms with E-state index in [-0.39, 0.29) is 49.5 Å². The largest absolute Gasteiger partial charge is 0.370 e. The van der Waals surface area contributed by atoms with Gasteiger partial charge in [-0.05, 0) is 63.2 Å². The van der Waals surface area contributed by atoms with Crippen molar-refractivity contribution in [2.24, 2.45) is 45.7 Å². The number of nitrogens with one attached hydrogen (secondary N) is 5. The maximum Gasteiger partial charge on any atom is 0.245 e. The molecule has 18 nitrogen and oxygen atoms in total. The van der Waals surface area contributed by atoms with E-state index in [4.69, 9.17) is 22.9 Å². The number of nitrogens with two attached hydrogens (primary N) is 4. The van der Waals surface area contributed by atoms with Gasteiger partial charge in [0, 0.05) is 13.1 Å². The number of rotatable bonds is 21. The molecule has 51 heavy (non-hydrogen) atoms. The Morgan fingerprint density at radius 1 is 0.784 bits per heavy atom. The monoisotopic (exact) mass is 723 g/mol. The Labute approximate surface area is 300 Å². The van der Waals surface area contributed by atoms with Gasteiger partial charge in [-0.15, -0.1) is 0 Å². The molecule has 1 rings (SSSR count). The first-order valence-electron chi connectivity index (χ1n) is 17.6. The van der Waals surface area contributed by atoms with E-state index in [0.717, 1.165) is 0 Å². The van der Waals surface area contributed by atoms with E-state index in [1.807, 2.05) is 27.7 Å². The quantitative estimate of drug-likeness (QED) is 0.0346. The molecule has 0 radical (unpaired) electrons. The number of carbonyl (C=O) groups excluding carboxylic acids is 7. The molecule has 1 fully saturated rings. The van der Waals surface area contributed by atoms with Crippen LogP contribution in [0.3, 0.4) is 0 Å². The number of aliphatic imine (C=N–C) groups is 1. The van der Waals surface area contributed by atoms with Crippen molar-refractivity contribution in [2.75, 3.05) is 19.6 Å². The third kappa shape index (κ3) is 16.0. The molecule has 6 atom stereocenters. The lowest BCUT2D eigenvalue weighted by atomic mass is 9.99. The number of likely N-dealkylation sites (tertiary alicyclic amines) is 1. The molecule has 0 spiro atoms. The Hall–Kier alpha value is -4.48. The van der Waals surface area contributed by atoms with E-state index in [2.05, 4.69) is 31.6 Å². The van der Waals surface area contributed by atoms with Crippen LogP contribution in [0.2, 0.25) is 0 Å². The minimum Gasteiger partial charge on any atom is -0.370 e. The van der Waals surface area contributed by atoms with Crippen LogP contribution < -0.4 is 49.5 Å². The van der Waals surface area contributed by atoms with Gasteiger partial charge in [-0.2, -0.15) is 0 Å². The topological polar surface area (TPSA) is 299 Å². The van der Waals surface area contributed by atoms with E-state index in [9.17, 15) is 33.6 Å². The zero-order valence-corrected chi connectivity index (χ0v) is 31.1. The lowest BCUT2D eigenvalue weighted by Gasteiger charge is -2.29. The summed E-state index contributed by atoms with van der Waals surface area (Å²) in [5.74, 6) is -4.38. The first kappa shape index (κ1) is 44.5. The fourth-order valence-corrected chi connectivity index (χ4v) is 5.62. The molecule has 1 aliphatic rings. The summed E-state index contributed by atoms with van der Waals surface area (Å²) in [6.45, 7) is 12.6. The van der Waals surface area contributed by atoms with Crippen molar-refractivity contribution < 1.29 is 33.6 Å². The van der Waals surface area contributed by atoms with E-state index >= 15 is 0 Å². The van der Waals surface area contributed by atoms with E-state index in [1.54, 1.807) is 13.8 Å². The van der Waals surface area contributed by atoms with Crippen molar-refractivity contribution in [1.29, 1.82) is 0 Å². The smallest absolute Gasteiger partial charge is 0.245 e. The fourth-order valence-electron chi connectivity index (χ4n) is 5.62. The summed E-state index contributed by atoms with van der Waals surface area (Å²) in [4.78, 5) is 95.4. The fraction of sp³-hybridized carbons (Fsp3) is 0.758. The molecular weight excluding hydrogens is 662 g/mol. The number of amides is 7. The predicted octanol–water partition coefficient (Wildman–Crippen LogP) is -2.33. The van der Waals surface area contributed by atoms with Gasteiger partial charge in [0.1, 0.15) is 30.2 Å². The van der Waals surface area contributed by atoms with Crippen molar-refractivity contribution in [2.45, 2.75) is 123 Å². The van der Waals surface area contributed by atoms with E-state index < -0.39 is 84.1 Å². The van der Waals surface area contributed by atoms with Crippen LogP contribution in [-0.2, 0) is 33.6 Å². The third-order valence-corrected chi connectivity index (χ3v) is 8.27. The molecular formula is C33H61N11O7. The maximum atomic E-state index is 13.4. The van der Waals surface area contributed by atoms with Crippen LogP contribution in [0.15, 0.2) is 4.99 Å². The van der Waals surface area contributed by atoms with Crippen LogP contribution in [0.4, 0.5) is 0 Å². The van der Waals surface area contributed by atoms with E-state index in [1.165, 1.54) is 11.8 Å². The summed E-state index contributed by atoms with van der Waals surface area (Å²) >= 11 is 0. The third-order valence-electron chi connectivity index (χ3n) is 8.27. The van der Waals surface area contributed by atoms with Gasteiger partial charge in [-0.1, -0.05) is 41.5 Å². The second kappa shape index (κ2) is 21.7. The molecule has 0 bridgehead atoms. The first-order chi connectivity index (χ1) is 23.7. The van der Waals surface area contributed by atoms with Crippen LogP contribution in [0.1, 0.15) is 87.0 Å². The zero-order chi connectivity index (χ0) is 39.0. The number of nitrogens with zero attached hydrogens (tertiary/aromatic N) is 2. The molecule has 18 heteroatoms. The highest BCUT2D eigenvalue weighted by molar-refractivity contribution is 5.96. The van der Waals surface area contributed by atoms with Crippen LogP contribution in [0.5, 0.6) is 0 Å². The molecule has 1 heterocycles. The van der Waals surface area contributed by atoms with Crippen molar-refractivity contribution in [3.05, 3.63) is 0 Å². The molecule has 0 aromatic heterocycles. The zero-order valence-electron chi connectivity index (χ0n) is 31.1. The maximum absolute atomic E-state index is 13.4. The van der Waals surface area contributed by atoms with Gasteiger partial charge in [0.15, 0.2) is 5.96 Å². The van der Waals surface area contributed by atoms with Crippen molar-refractivity contribution in [3.8, 4) is 0 Å². The van der Waals surface area contributed by atoms with Crippen molar-refractivity contribution in [3.63, 3.8) is 0 Å². The number of hydrogen-bond acceptors (Lipinski definition) is 9. The van der Waals surface area contributed by atoms with Gasteiger partial charge >= 0.3 is 0 Å². The number of primary amides is 1. The molecule has 0 aliphatic carbocycles. The Morgan fingerprint density at radius 3 is 1.88 bits per heavy atom. The molecule has 0 aromatic rings. The minimum atomic E-state index is -1.02. The first-order valence-corrected chi connectivity index (χ1v) is 17.6. The number of carbonyl (C=O) groups is 7. The lowest BCUT2D eigenvalue weighted by Crippen LogP contribution is -2.57. The van der Waals surface area contributed by atoms with Gasteiger partial charge in [-0.3, -0.25) is 38.6 Å². The highest BCUT2D eigenvalue weighted by Crippen LogP contribution is 2.19. The Bertz CT molecular complexity index is 1250. The van der Waals surface area contributed by atoms with Gasteiger partial charge in [0.25, 0.3) is 0 Å². The second-order valence-electron chi connectivity index (χ2n) is 14.3. The number of hydrogen-bond donors (Lipinski definition) is 9. The molecule has 0 saturated carbocycles. The summed E-state index contributed by atoms with van der Waals surface area (Å²) in [7, 11) is 0. The summed E-state index contributed by atoms with van der Waals surface area (Å²) in [6.07, 6.45) is 2.21. The van der Waals surface area contributed by atoms with Crippen LogP contribution in [0.25, 0.3) is 0 Å². The molecule has 290 valence electrons. The highest BCUT2D eigenvalue weighted by atomic mass is 16.2. The average molecular weight is 724 g/mol. The minimum absolute atomic E-state index is 0.0160. The predicted molar refractivity (Wildman–Crippen MR) is 192 cm³/mol. The summed E-state index contributed by atoms with van der Waals surface area (Å²) in [5, 5.41) is 13.1. The van der Waals surface area contributed by atoms with Gasteiger partial charge < -0.3 is 54.4 Å². The molecule has 13 N–H and O–H groups in total. The SMILES string of the molecule is CC(C)C[C@H](NC(=O)[C@H](CC(C)C)NC(=O)[C@@H](N)CCCN=C(N)N)C(=O)NCC(=O)N[C@@H](C)C(=O)N1CCC[C@H]1C(=O)N[C@H](C(N)=O)C(C)C. The second-order valence-corrected chi connectivity index (χ2v) is 14.3.